The van der Waals surface area contributed by atoms with Crippen LogP contribution in [0.1, 0.15) is 65.5 Å². The smallest absolute Gasteiger partial charge is 0.169 e. The van der Waals surface area contributed by atoms with Crippen LogP contribution in [0.25, 0.3) is 23.3 Å². The van der Waals surface area contributed by atoms with Crippen molar-refractivity contribution in [3.63, 3.8) is 0 Å². The molecule has 44 heavy (non-hydrogen) atoms. The second-order valence-electron chi connectivity index (χ2n) is 11.8. The molecule has 1 aliphatic rings. The van der Waals surface area contributed by atoms with Crippen molar-refractivity contribution in [2.45, 2.75) is 38.6 Å². The highest BCUT2D eigenvalue weighted by molar-refractivity contribution is 6.04. The summed E-state index contributed by atoms with van der Waals surface area (Å²) >= 11 is 0. The molecule has 0 amide bonds. The number of hydrogen-bond acceptors (Lipinski definition) is 1. The van der Waals surface area contributed by atoms with Crippen LogP contribution in [0.3, 0.4) is 0 Å². The molecule has 4 aromatic carbocycles. The Hall–Kier alpha value is -4.53. The van der Waals surface area contributed by atoms with E-state index in [4.69, 9.17) is 0 Å². The second-order valence-corrected chi connectivity index (χ2v) is 11.8. The first-order chi connectivity index (χ1) is 21.8. The van der Waals surface area contributed by atoms with Crippen LogP contribution in [0.2, 0.25) is 0 Å². The largest absolute Gasteiger partial charge is 0.303 e. The summed E-state index contributed by atoms with van der Waals surface area (Å²) in [5, 5.41) is 0. The third-order valence-electron chi connectivity index (χ3n) is 8.61. The molecule has 0 bridgehead atoms. The van der Waals surface area contributed by atoms with E-state index < -0.39 is 0 Å². The molecule has 2 heterocycles. The Labute approximate surface area is 263 Å². The van der Waals surface area contributed by atoms with E-state index >= 15 is 0 Å². The second kappa shape index (κ2) is 15.3. The topological polar surface area (TPSA) is 7.12 Å². The van der Waals surface area contributed by atoms with Crippen LogP contribution < -0.4 is 4.57 Å². The van der Waals surface area contributed by atoms with Crippen LogP contribution in [0.5, 0.6) is 0 Å². The first kappa shape index (κ1) is 29.5. The molecule has 0 aliphatic carbocycles. The van der Waals surface area contributed by atoms with Crippen LogP contribution in [-0.2, 0) is 6.54 Å². The van der Waals surface area contributed by atoms with Gasteiger partial charge < -0.3 is 4.90 Å². The lowest BCUT2D eigenvalue weighted by Crippen LogP contribution is -2.34. The summed E-state index contributed by atoms with van der Waals surface area (Å²) in [7, 11) is 0. The minimum absolute atomic E-state index is 1.09. The van der Waals surface area contributed by atoms with Gasteiger partial charge in [0.05, 0.1) is 0 Å². The lowest BCUT2D eigenvalue weighted by molar-refractivity contribution is -0.697. The molecule has 0 radical (unpaired) electrons. The number of likely N-dealkylation sites (tertiary alicyclic amines) is 1. The highest BCUT2D eigenvalue weighted by Gasteiger charge is 2.16. The Kier molecular flexibility index (Phi) is 10.3. The van der Waals surface area contributed by atoms with Crippen molar-refractivity contribution in [3.05, 3.63) is 173 Å². The van der Waals surface area contributed by atoms with Gasteiger partial charge in [-0.25, -0.2) is 4.57 Å². The van der Waals surface area contributed by atoms with Gasteiger partial charge in [0.1, 0.15) is 6.54 Å². The van der Waals surface area contributed by atoms with E-state index in [1.807, 2.05) is 0 Å². The summed E-state index contributed by atoms with van der Waals surface area (Å²) < 4.78 is 2.32. The zero-order valence-corrected chi connectivity index (χ0v) is 25.7. The molecule has 2 heteroatoms. The van der Waals surface area contributed by atoms with Gasteiger partial charge in [-0.1, -0.05) is 134 Å². The molecule has 6 rings (SSSR count). The number of aromatic nitrogens is 1. The molecule has 0 unspecified atom stereocenters. The minimum Gasteiger partial charge on any atom is -0.303 e. The van der Waals surface area contributed by atoms with Gasteiger partial charge in [-0.3, -0.25) is 0 Å². The van der Waals surface area contributed by atoms with Crippen LogP contribution in [-0.4, -0.2) is 24.5 Å². The maximum Gasteiger partial charge on any atom is 0.169 e. The third kappa shape index (κ3) is 7.89. The SMILES string of the molecule is C(=C\c1cc[n+](CCCCN2CCCCC2)cc1)/c1ccc(C(=C(c2ccccc2)c2ccccc2)c2ccccc2)cc1. The number of unbranched alkanes of at least 4 members (excludes halogenated alkanes) is 1. The highest BCUT2D eigenvalue weighted by Crippen LogP contribution is 2.36. The van der Waals surface area contributed by atoms with Gasteiger partial charge in [0.2, 0.25) is 0 Å². The lowest BCUT2D eigenvalue weighted by atomic mass is 9.85. The molecule has 1 fully saturated rings. The Balaban J connectivity index is 1.19. The molecule has 1 aliphatic heterocycles. The molecule has 1 aromatic heterocycles. The van der Waals surface area contributed by atoms with E-state index in [0.717, 1.165) is 6.54 Å². The van der Waals surface area contributed by atoms with Gasteiger partial charge in [-0.2, -0.15) is 0 Å². The average molecular weight is 576 g/mol. The fraction of sp³-hybridized carbons (Fsp3) is 0.214. The van der Waals surface area contributed by atoms with E-state index in [9.17, 15) is 0 Å². The monoisotopic (exact) mass is 575 g/mol. The van der Waals surface area contributed by atoms with Gasteiger partial charge in [-0.15, -0.1) is 0 Å². The summed E-state index contributed by atoms with van der Waals surface area (Å²) in [5.74, 6) is 0. The molecule has 0 N–H and O–H groups in total. The lowest BCUT2D eigenvalue weighted by Gasteiger charge is -2.25. The number of aryl methyl sites for hydroxylation is 1. The summed E-state index contributed by atoms with van der Waals surface area (Å²) in [4.78, 5) is 2.64. The number of piperidine rings is 1. The van der Waals surface area contributed by atoms with Crippen LogP contribution in [0, 0.1) is 0 Å². The fourth-order valence-corrected chi connectivity index (χ4v) is 6.22. The van der Waals surface area contributed by atoms with E-state index in [0.29, 0.717) is 0 Å². The minimum atomic E-state index is 1.09. The van der Waals surface area contributed by atoms with Crippen molar-refractivity contribution in [3.8, 4) is 0 Å². The average Bonchev–Trinajstić information content (AvgIpc) is 3.10. The van der Waals surface area contributed by atoms with Crippen LogP contribution >= 0.6 is 0 Å². The molecule has 1 saturated heterocycles. The predicted octanol–water partition coefficient (Wildman–Crippen LogP) is 9.42. The van der Waals surface area contributed by atoms with Gasteiger partial charge in [-0.05, 0) is 83.4 Å². The number of pyridine rings is 1. The maximum absolute atomic E-state index is 2.64. The molecule has 220 valence electrons. The third-order valence-corrected chi connectivity index (χ3v) is 8.61. The number of benzene rings is 4. The zero-order valence-electron chi connectivity index (χ0n) is 25.7. The predicted molar refractivity (Wildman–Crippen MR) is 186 cm³/mol. The number of hydrogen-bond donors (Lipinski definition) is 0. The van der Waals surface area contributed by atoms with E-state index in [-0.39, 0.29) is 0 Å². The van der Waals surface area contributed by atoms with Crippen molar-refractivity contribution in [2.24, 2.45) is 0 Å². The Bertz CT molecular complexity index is 1590. The summed E-state index contributed by atoms with van der Waals surface area (Å²) in [6.07, 6.45) is 15.5. The Morgan fingerprint density at radius 2 is 0.955 bits per heavy atom. The molecular formula is C42H43N2+. The van der Waals surface area contributed by atoms with Gasteiger partial charge in [0, 0.05) is 18.6 Å². The summed E-state index contributed by atoms with van der Waals surface area (Å²) in [5.41, 5.74) is 9.73. The van der Waals surface area contributed by atoms with Crippen LogP contribution in [0.4, 0.5) is 0 Å². The zero-order chi connectivity index (χ0) is 29.8. The molecule has 5 aromatic rings. The van der Waals surface area contributed by atoms with Gasteiger partial charge >= 0.3 is 0 Å². The van der Waals surface area contributed by atoms with Crippen LogP contribution in [0.15, 0.2) is 140 Å². The molecule has 0 saturated carbocycles. The molecule has 2 nitrogen and oxygen atoms in total. The van der Waals surface area contributed by atoms with Gasteiger partial charge in [0.15, 0.2) is 12.4 Å². The van der Waals surface area contributed by atoms with Gasteiger partial charge in [0.25, 0.3) is 0 Å². The van der Waals surface area contributed by atoms with Crippen molar-refractivity contribution in [1.29, 1.82) is 0 Å². The summed E-state index contributed by atoms with van der Waals surface area (Å²) in [6, 6.07) is 45.7. The van der Waals surface area contributed by atoms with E-state index in [2.05, 4.69) is 161 Å². The van der Waals surface area contributed by atoms with E-state index in [1.54, 1.807) is 0 Å². The number of rotatable bonds is 11. The first-order valence-electron chi connectivity index (χ1n) is 16.2. The van der Waals surface area contributed by atoms with Crippen molar-refractivity contribution < 1.29 is 4.57 Å². The Morgan fingerprint density at radius 1 is 0.500 bits per heavy atom. The van der Waals surface area contributed by atoms with Crippen molar-refractivity contribution >= 4 is 23.3 Å². The Morgan fingerprint density at radius 3 is 1.45 bits per heavy atom. The molecular weight excluding hydrogens is 532 g/mol. The van der Waals surface area contributed by atoms with E-state index in [1.165, 1.54) is 96.3 Å². The highest BCUT2D eigenvalue weighted by atomic mass is 15.1. The first-order valence-corrected chi connectivity index (χ1v) is 16.2. The molecule has 0 atom stereocenters. The van der Waals surface area contributed by atoms with Crippen molar-refractivity contribution in [1.82, 2.24) is 4.90 Å². The summed E-state index contributed by atoms with van der Waals surface area (Å²) in [6.45, 7) is 4.93. The quantitative estimate of drug-likeness (QED) is 0.0864. The van der Waals surface area contributed by atoms with Crippen molar-refractivity contribution in [2.75, 3.05) is 19.6 Å². The number of nitrogens with zero attached hydrogens (tertiary/aromatic N) is 2. The standard InChI is InChI=1S/C42H43N2/c1-5-15-37(16-6-1)41(38-17-7-2-8-18-38)42(39-19-9-3-10-20-39)40-25-23-35(24-26-40)21-22-36-27-33-44(34-28-36)32-14-13-31-43-29-11-4-12-30-43/h1-3,5-10,15-28,33-34H,4,11-14,29-32H2/q+1/b22-21+. The normalized spacial score (nSPS) is 13.6. The molecule has 0 spiro atoms. The maximum atomic E-state index is 2.64. The fourth-order valence-electron chi connectivity index (χ4n) is 6.22.